The highest BCUT2D eigenvalue weighted by Gasteiger charge is 2.22. The van der Waals surface area contributed by atoms with Gasteiger partial charge in [0.05, 0.1) is 0 Å². The lowest BCUT2D eigenvalue weighted by atomic mass is 9.89. The molecule has 0 radical (unpaired) electrons. The third-order valence-corrected chi connectivity index (χ3v) is 3.83. The number of rotatable bonds is 4. The van der Waals surface area contributed by atoms with Gasteiger partial charge in [0, 0.05) is 34.1 Å². The van der Waals surface area contributed by atoms with Gasteiger partial charge < -0.3 is 0 Å². The Morgan fingerprint density at radius 3 is 1.87 bits per heavy atom. The Morgan fingerprint density at radius 2 is 1.53 bits per heavy atom. The van der Waals surface area contributed by atoms with Crippen LogP contribution in [0.3, 0.4) is 0 Å². The molecule has 3 heteroatoms. The lowest BCUT2D eigenvalue weighted by molar-refractivity contribution is -0.125. The molecule has 0 N–H and O–H groups in total. The second kappa shape index (κ2) is 5.24. The number of hydrogen-bond donors (Lipinski definition) is 0. The van der Waals surface area contributed by atoms with Gasteiger partial charge in [0.1, 0.15) is 5.78 Å². The van der Waals surface area contributed by atoms with Crippen LogP contribution in [0.1, 0.15) is 48.0 Å². The van der Waals surface area contributed by atoms with Gasteiger partial charge in [-0.25, -0.2) is 0 Å². The Hall–Kier alpha value is -0.180. The highest BCUT2D eigenvalue weighted by Crippen LogP contribution is 2.18. The van der Waals surface area contributed by atoms with Gasteiger partial charge in [0.15, 0.2) is 0 Å². The molecule has 1 unspecified atom stereocenters. The number of carbonyl (C=O) groups excluding carboxylic acids is 1. The molecule has 0 heterocycles. The van der Waals surface area contributed by atoms with Crippen molar-refractivity contribution in [2.75, 3.05) is 11.5 Å². The van der Waals surface area contributed by atoms with Crippen molar-refractivity contribution < 1.29 is 9.00 Å². The van der Waals surface area contributed by atoms with Crippen LogP contribution in [0.4, 0.5) is 0 Å². The second-order valence-electron chi connectivity index (χ2n) is 6.27. The Kier molecular flexibility index (Phi) is 5.18. The largest absolute Gasteiger partial charge is 0.299 e. The fraction of sp³-hybridized carbons (Fsp3) is 0.917. The standard InChI is InChI=1S/C12H24O2S/c1-11(2,3)9-15(14)8-7-10(13)12(4,5)6/h7-9H2,1-6H3. The van der Waals surface area contributed by atoms with Gasteiger partial charge in [-0.05, 0) is 5.41 Å². The van der Waals surface area contributed by atoms with Gasteiger partial charge in [0.2, 0.25) is 0 Å². The van der Waals surface area contributed by atoms with E-state index >= 15 is 0 Å². The smallest absolute Gasteiger partial charge is 0.139 e. The fourth-order valence-electron chi connectivity index (χ4n) is 1.14. The van der Waals surface area contributed by atoms with E-state index in [9.17, 15) is 9.00 Å². The summed E-state index contributed by atoms with van der Waals surface area (Å²) in [6.07, 6.45) is 0.437. The molecule has 1 atom stereocenters. The van der Waals surface area contributed by atoms with Crippen LogP contribution in [0.25, 0.3) is 0 Å². The van der Waals surface area contributed by atoms with Crippen LogP contribution in [0, 0.1) is 10.8 Å². The van der Waals surface area contributed by atoms with Crippen LogP contribution in [-0.4, -0.2) is 21.5 Å². The molecule has 0 aromatic carbocycles. The van der Waals surface area contributed by atoms with Crippen LogP contribution in [0.15, 0.2) is 0 Å². The van der Waals surface area contributed by atoms with E-state index in [0.717, 1.165) is 0 Å². The summed E-state index contributed by atoms with van der Waals surface area (Å²) in [4.78, 5) is 11.6. The molecule has 0 spiro atoms. The van der Waals surface area contributed by atoms with Crippen molar-refractivity contribution >= 4 is 16.6 Å². The normalized spacial score (nSPS) is 15.1. The van der Waals surface area contributed by atoms with Gasteiger partial charge in [-0.2, -0.15) is 0 Å². The molecule has 0 rings (SSSR count). The molecular weight excluding hydrogens is 208 g/mol. The molecule has 15 heavy (non-hydrogen) atoms. The van der Waals surface area contributed by atoms with Crippen LogP contribution >= 0.6 is 0 Å². The van der Waals surface area contributed by atoms with E-state index in [4.69, 9.17) is 0 Å². The summed E-state index contributed by atoms with van der Waals surface area (Å²) in [6.45, 7) is 11.9. The lowest BCUT2D eigenvalue weighted by Crippen LogP contribution is -2.24. The molecule has 0 saturated carbocycles. The molecule has 0 aliphatic heterocycles. The Balaban J connectivity index is 3.98. The van der Waals surface area contributed by atoms with Gasteiger partial charge in [-0.3, -0.25) is 9.00 Å². The summed E-state index contributed by atoms with van der Waals surface area (Å²) in [6, 6.07) is 0. The van der Waals surface area contributed by atoms with Crippen LogP contribution in [0.5, 0.6) is 0 Å². The fourth-order valence-corrected chi connectivity index (χ4v) is 2.66. The maximum Gasteiger partial charge on any atom is 0.139 e. The average molecular weight is 232 g/mol. The van der Waals surface area contributed by atoms with Crippen LogP contribution < -0.4 is 0 Å². The van der Waals surface area contributed by atoms with Crippen molar-refractivity contribution in [3.8, 4) is 0 Å². The quantitative estimate of drug-likeness (QED) is 0.747. The van der Waals surface area contributed by atoms with Crippen molar-refractivity contribution in [2.24, 2.45) is 10.8 Å². The van der Waals surface area contributed by atoms with Crippen molar-refractivity contribution in [3.05, 3.63) is 0 Å². The van der Waals surface area contributed by atoms with E-state index < -0.39 is 10.8 Å². The Bertz CT molecular complexity index is 243. The van der Waals surface area contributed by atoms with E-state index in [2.05, 4.69) is 20.8 Å². The minimum atomic E-state index is -0.866. The summed E-state index contributed by atoms with van der Waals surface area (Å²) in [5.74, 6) is 1.38. The molecule has 2 nitrogen and oxygen atoms in total. The minimum Gasteiger partial charge on any atom is -0.299 e. The van der Waals surface area contributed by atoms with Gasteiger partial charge in [-0.1, -0.05) is 41.5 Å². The van der Waals surface area contributed by atoms with Crippen molar-refractivity contribution in [2.45, 2.75) is 48.0 Å². The summed E-state index contributed by atoms with van der Waals surface area (Å²) < 4.78 is 11.6. The maximum atomic E-state index is 11.6. The van der Waals surface area contributed by atoms with E-state index in [1.165, 1.54) is 0 Å². The number of Topliss-reactive ketones (excluding diaryl/α,β-unsaturated/α-hetero) is 1. The van der Waals surface area contributed by atoms with Crippen LogP contribution in [0.2, 0.25) is 0 Å². The molecule has 0 aliphatic carbocycles. The zero-order chi connectivity index (χ0) is 12.3. The summed E-state index contributed by atoms with van der Waals surface area (Å²) in [7, 11) is -0.866. The molecule has 0 amide bonds. The van der Waals surface area contributed by atoms with Crippen LogP contribution in [-0.2, 0) is 15.6 Å². The predicted molar refractivity (Wildman–Crippen MR) is 66.4 cm³/mol. The number of carbonyl (C=O) groups is 1. The number of hydrogen-bond acceptors (Lipinski definition) is 2. The minimum absolute atomic E-state index is 0.0790. The molecule has 0 bridgehead atoms. The van der Waals surface area contributed by atoms with E-state index in [-0.39, 0.29) is 16.6 Å². The predicted octanol–water partition coefficient (Wildman–Crippen LogP) is 2.79. The van der Waals surface area contributed by atoms with Crippen molar-refractivity contribution in [1.82, 2.24) is 0 Å². The molecule has 0 aromatic heterocycles. The third-order valence-electron chi connectivity index (χ3n) is 1.99. The molecular formula is C12H24O2S. The van der Waals surface area contributed by atoms with E-state index in [1.54, 1.807) is 0 Å². The first-order valence-corrected chi connectivity index (χ1v) is 6.89. The number of ketones is 1. The molecule has 0 aromatic rings. The maximum absolute atomic E-state index is 11.6. The molecule has 0 aliphatic rings. The van der Waals surface area contributed by atoms with E-state index in [0.29, 0.717) is 17.9 Å². The zero-order valence-electron chi connectivity index (χ0n) is 10.8. The zero-order valence-corrected chi connectivity index (χ0v) is 11.7. The van der Waals surface area contributed by atoms with Gasteiger partial charge in [-0.15, -0.1) is 0 Å². The van der Waals surface area contributed by atoms with Crippen molar-refractivity contribution in [1.29, 1.82) is 0 Å². The molecule has 90 valence electrons. The third kappa shape index (κ3) is 7.71. The highest BCUT2D eigenvalue weighted by atomic mass is 32.2. The first kappa shape index (κ1) is 14.8. The van der Waals surface area contributed by atoms with Gasteiger partial charge >= 0.3 is 0 Å². The topological polar surface area (TPSA) is 34.1 Å². The summed E-state index contributed by atoms with van der Waals surface area (Å²) in [5.41, 5.74) is -0.221. The monoisotopic (exact) mass is 232 g/mol. The first-order chi connectivity index (χ1) is 6.52. The molecule has 0 saturated heterocycles. The SMILES string of the molecule is CC(C)(C)CS(=O)CCC(=O)C(C)(C)C. The van der Waals surface area contributed by atoms with E-state index in [1.807, 2.05) is 20.8 Å². The first-order valence-electron chi connectivity index (χ1n) is 5.41. The lowest BCUT2D eigenvalue weighted by Gasteiger charge is -2.19. The summed E-state index contributed by atoms with van der Waals surface area (Å²) in [5, 5.41) is 0. The highest BCUT2D eigenvalue weighted by molar-refractivity contribution is 7.85. The summed E-state index contributed by atoms with van der Waals surface area (Å²) >= 11 is 0. The Labute approximate surface area is 96.3 Å². The average Bonchev–Trinajstić information content (AvgIpc) is 1.94. The second-order valence-corrected chi connectivity index (χ2v) is 7.85. The Morgan fingerprint density at radius 1 is 1.07 bits per heavy atom. The van der Waals surface area contributed by atoms with Crippen molar-refractivity contribution in [3.63, 3.8) is 0 Å². The molecule has 0 fully saturated rings. The van der Waals surface area contributed by atoms with Gasteiger partial charge in [0.25, 0.3) is 0 Å².